The minimum absolute atomic E-state index is 0.304. The highest BCUT2D eigenvalue weighted by atomic mass is 16.6. The minimum Gasteiger partial charge on any atom is -0.440 e. The molecule has 1 fully saturated rings. The van der Waals surface area contributed by atoms with Crippen molar-refractivity contribution in [3.8, 4) is 0 Å². The molecule has 16 heavy (non-hydrogen) atoms. The summed E-state index contributed by atoms with van der Waals surface area (Å²) in [6, 6.07) is 8.27. The maximum Gasteiger partial charge on any atom is 0.408 e. The summed E-state index contributed by atoms with van der Waals surface area (Å²) in [5.41, 5.74) is 1.69. The van der Waals surface area contributed by atoms with E-state index in [1.54, 1.807) is 0 Å². The van der Waals surface area contributed by atoms with Gasteiger partial charge in [-0.15, -0.1) is 0 Å². The van der Waals surface area contributed by atoms with E-state index in [1.165, 1.54) is 11.1 Å². The predicted molar refractivity (Wildman–Crippen MR) is 60.1 cm³/mol. The van der Waals surface area contributed by atoms with Crippen LogP contribution in [0.1, 0.15) is 31.4 Å². The Morgan fingerprint density at radius 3 is 2.88 bits per heavy atom. The van der Waals surface area contributed by atoms with Gasteiger partial charge in [-0.3, -0.25) is 0 Å². The Bertz CT molecular complexity index is 471. The highest BCUT2D eigenvalue weighted by molar-refractivity contribution is 5.73. The van der Waals surface area contributed by atoms with Gasteiger partial charge in [0.15, 0.2) is 0 Å². The van der Waals surface area contributed by atoms with Crippen molar-refractivity contribution >= 4 is 6.09 Å². The molecule has 0 aromatic heterocycles. The third kappa shape index (κ3) is 1.01. The number of alkyl carbamates (subject to hydrolysis) is 1. The fraction of sp³-hybridized carbons (Fsp3) is 0.462. The number of fused-ring (bicyclic) bond motifs is 3. The molecule has 1 heterocycles. The maximum atomic E-state index is 11.5. The first kappa shape index (κ1) is 9.70. The third-order valence-corrected chi connectivity index (χ3v) is 4.16. The molecule has 3 heteroatoms. The first-order valence-electron chi connectivity index (χ1n) is 5.65. The molecule has 0 saturated carbocycles. The summed E-state index contributed by atoms with van der Waals surface area (Å²) in [6.07, 6.45) is 1.54. The molecule has 1 N–H and O–H groups in total. The Balaban J connectivity index is 2.21. The second-order valence-electron chi connectivity index (χ2n) is 5.03. The minimum atomic E-state index is -0.418. The van der Waals surface area contributed by atoms with Crippen molar-refractivity contribution in [2.45, 2.75) is 37.8 Å². The summed E-state index contributed by atoms with van der Waals surface area (Å²) in [4.78, 5) is 11.5. The number of rotatable bonds is 0. The van der Waals surface area contributed by atoms with Crippen molar-refractivity contribution in [2.24, 2.45) is 0 Å². The van der Waals surface area contributed by atoms with Crippen LogP contribution in [0, 0.1) is 0 Å². The molecule has 2 aliphatic rings. The molecule has 1 amide bonds. The molecule has 1 saturated heterocycles. The predicted octanol–water partition coefficient (Wildman–Crippen LogP) is 2.35. The number of nitrogens with one attached hydrogen (secondary N) is 1. The van der Waals surface area contributed by atoms with Gasteiger partial charge < -0.3 is 10.1 Å². The van der Waals surface area contributed by atoms with Crippen LogP contribution in [0.4, 0.5) is 4.79 Å². The molecular formula is C13H15NO2. The summed E-state index contributed by atoms with van der Waals surface area (Å²) in [5, 5.41) is 2.97. The summed E-state index contributed by atoms with van der Waals surface area (Å²) in [7, 11) is 0. The number of benzene rings is 1. The second-order valence-corrected chi connectivity index (χ2v) is 5.03. The van der Waals surface area contributed by atoms with Crippen molar-refractivity contribution in [3.05, 3.63) is 35.4 Å². The van der Waals surface area contributed by atoms with Crippen LogP contribution >= 0.6 is 0 Å². The van der Waals surface area contributed by atoms with E-state index in [0.717, 1.165) is 12.8 Å². The van der Waals surface area contributed by atoms with Gasteiger partial charge in [0, 0.05) is 0 Å². The molecule has 3 nitrogen and oxygen atoms in total. The lowest BCUT2D eigenvalue weighted by Gasteiger charge is -2.42. The van der Waals surface area contributed by atoms with Crippen molar-refractivity contribution in [2.75, 3.05) is 0 Å². The zero-order valence-electron chi connectivity index (χ0n) is 9.54. The molecule has 0 spiro atoms. The largest absolute Gasteiger partial charge is 0.440 e. The van der Waals surface area contributed by atoms with Crippen LogP contribution in [-0.2, 0) is 16.7 Å². The maximum absolute atomic E-state index is 11.5. The molecule has 1 aromatic carbocycles. The van der Waals surface area contributed by atoms with Crippen LogP contribution in [-0.4, -0.2) is 11.7 Å². The van der Waals surface area contributed by atoms with Gasteiger partial charge in [0.1, 0.15) is 11.1 Å². The van der Waals surface area contributed by atoms with E-state index < -0.39 is 5.60 Å². The van der Waals surface area contributed by atoms with Crippen molar-refractivity contribution in [1.82, 2.24) is 5.32 Å². The van der Waals surface area contributed by atoms with Crippen molar-refractivity contribution in [1.29, 1.82) is 0 Å². The normalized spacial score (nSPS) is 36.0. The summed E-state index contributed by atoms with van der Waals surface area (Å²) in [6.45, 7) is 4.07. The first-order chi connectivity index (χ1) is 7.55. The van der Waals surface area contributed by atoms with E-state index in [4.69, 9.17) is 4.74 Å². The number of hydrogen-bond acceptors (Lipinski definition) is 2. The van der Waals surface area contributed by atoms with Gasteiger partial charge in [-0.25, -0.2) is 4.79 Å². The van der Waals surface area contributed by atoms with E-state index in [2.05, 4.69) is 24.4 Å². The van der Waals surface area contributed by atoms with Gasteiger partial charge in [-0.05, 0) is 37.8 Å². The average Bonchev–Trinajstić information content (AvgIpc) is 2.49. The number of aryl methyl sites for hydroxylation is 1. The van der Waals surface area contributed by atoms with Crippen LogP contribution in [0.5, 0.6) is 0 Å². The fourth-order valence-corrected chi connectivity index (χ4v) is 2.92. The summed E-state index contributed by atoms with van der Waals surface area (Å²) >= 11 is 0. The van der Waals surface area contributed by atoms with Gasteiger partial charge in [0.25, 0.3) is 0 Å². The van der Waals surface area contributed by atoms with Crippen LogP contribution in [0.3, 0.4) is 0 Å². The summed E-state index contributed by atoms with van der Waals surface area (Å²) < 4.78 is 5.46. The highest BCUT2D eigenvalue weighted by Gasteiger charge is 2.57. The summed E-state index contributed by atoms with van der Waals surface area (Å²) in [5.74, 6) is 0. The lowest BCUT2D eigenvalue weighted by Crippen LogP contribution is -2.53. The molecule has 3 rings (SSSR count). The highest BCUT2D eigenvalue weighted by Crippen LogP contribution is 2.47. The monoisotopic (exact) mass is 217 g/mol. The molecular weight excluding hydrogens is 202 g/mol. The number of carbonyl (C=O) groups excluding carboxylic acids is 1. The quantitative estimate of drug-likeness (QED) is 0.724. The average molecular weight is 217 g/mol. The Kier molecular flexibility index (Phi) is 1.69. The van der Waals surface area contributed by atoms with E-state index in [9.17, 15) is 4.79 Å². The van der Waals surface area contributed by atoms with Gasteiger partial charge in [0.05, 0.1) is 0 Å². The molecule has 0 unspecified atom stereocenters. The van der Waals surface area contributed by atoms with Gasteiger partial charge in [-0.1, -0.05) is 24.3 Å². The number of hydrogen-bond donors (Lipinski definition) is 1. The molecule has 1 aliphatic heterocycles. The van der Waals surface area contributed by atoms with Gasteiger partial charge in [0.2, 0.25) is 0 Å². The van der Waals surface area contributed by atoms with E-state index in [-0.39, 0.29) is 11.6 Å². The molecule has 2 atom stereocenters. The number of amides is 1. The topological polar surface area (TPSA) is 38.3 Å². The van der Waals surface area contributed by atoms with Crippen LogP contribution in [0.15, 0.2) is 24.3 Å². The van der Waals surface area contributed by atoms with E-state index in [0.29, 0.717) is 0 Å². The molecule has 0 bridgehead atoms. The molecule has 0 radical (unpaired) electrons. The lowest BCUT2D eigenvalue weighted by molar-refractivity contribution is 0.00603. The number of carbonyl (C=O) groups is 1. The molecule has 1 aromatic rings. The lowest BCUT2D eigenvalue weighted by atomic mass is 9.68. The Morgan fingerprint density at radius 1 is 1.31 bits per heavy atom. The SMILES string of the molecule is C[C@]12CCc3ccccc3[C@@]1(C)NC(=O)O2. The fourth-order valence-electron chi connectivity index (χ4n) is 2.92. The smallest absolute Gasteiger partial charge is 0.408 e. The first-order valence-corrected chi connectivity index (χ1v) is 5.65. The Morgan fingerprint density at radius 2 is 2.06 bits per heavy atom. The van der Waals surface area contributed by atoms with Crippen LogP contribution in [0.25, 0.3) is 0 Å². The Hall–Kier alpha value is -1.51. The van der Waals surface area contributed by atoms with Crippen molar-refractivity contribution in [3.63, 3.8) is 0 Å². The van der Waals surface area contributed by atoms with Crippen molar-refractivity contribution < 1.29 is 9.53 Å². The zero-order chi connectivity index (χ0) is 11.4. The zero-order valence-corrected chi connectivity index (χ0v) is 9.54. The standard InChI is InChI=1S/C13H15NO2/c1-12-8-7-9-5-3-4-6-10(9)13(12,2)14-11(15)16-12/h3-6H,7-8H2,1-2H3,(H,14,15)/t12-,13+/m0/s1. The van der Waals surface area contributed by atoms with Gasteiger partial charge in [-0.2, -0.15) is 0 Å². The molecule has 1 aliphatic carbocycles. The molecule has 84 valence electrons. The van der Waals surface area contributed by atoms with Crippen LogP contribution in [0.2, 0.25) is 0 Å². The number of ether oxygens (including phenoxy) is 1. The third-order valence-electron chi connectivity index (χ3n) is 4.16. The van der Waals surface area contributed by atoms with E-state index >= 15 is 0 Å². The van der Waals surface area contributed by atoms with E-state index in [1.807, 2.05) is 19.1 Å². The van der Waals surface area contributed by atoms with Gasteiger partial charge >= 0.3 is 6.09 Å². The Labute approximate surface area is 94.8 Å². The second kappa shape index (κ2) is 2.78. The van der Waals surface area contributed by atoms with Crippen LogP contribution < -0.4 is 5.32 Å².